The van der Waals surface area contributed by atoms with Gasteiger partial charge in [0.25, 0.3) is 0 Å². The molecular formula is C24H30Cl2N4O3. The maximum atomic E-state index is 11.6. The molecule has 1 saturated carbocycles. The SMILES string of the molecule is O=C(O)C(CCO[C@H]1C[C@@H](CCc2ccc3c(n2)NCCC3)C1)NCc1c(Cl)cncc1Cl. The van der Waals surface area contributed by atoms with E-state index >= 15 is 0 Å². The van der Waals surface area contributed by atoms with Crippen molar-refractivity contribution < 1.29 is 14.6 Å². The number of aliphatic carboxylic acids is 1. The number of hydrogen-bond acceptors (Lipinski definition) is 6. The van der Waals surface area contributed by atoms with E-state index in [4.69, 9.17) is 32.9 Å². The summed E-state index contributed by atoms with van der Waals surface area (Å²) in [4.78, 5) is 20.3. The molecule has 1 atom stereocenters. The number of rotatable bonds is 11. The summed E-state index contributed by atoms with van der Waals surface area (Å²) in [6.45, 7) is 1.67. The summed E-state index contributed by atoms with van der Waals surface area (Å²) in [7, 11) is 0. The van der Waals surface area contributed by atoms with E-state index in [-0.39, 0.29) is 12.6 Å². The van der Waals surface area contributed by atoms with Crippen LogP contribution in [0, 0.1) is 5.92 Å². The average Bonchev–Trinajstić information content (AvgIpc) is 2.77. The fraction of sp³-hybridized carbons (Fsp3) is 0.542. The molecule has 2 aliphatic rings. The molecule has 1 aliphatic carbocycles. The number of aryl methyl sites for hydroxylation is 2. The number of ether oxygens (including phenoxy) is 1. The largest absolute Gasteiger partial charge is 0.480 e. The van der Waals surface area contributed by atoms with Gasteiger partial charge in [-0.05, 0) is 62.5 Å². The molecule has 0 aromatic carbocycles. The van der Waals surface area contributed by atoms with Crippen LogP contribution in [0.2, 0.25) is 10.0 Å². The highest BCUT2D eigenvalue weighted by molar-refractivity contribution is 6.35. The van der Waals surface area contributed by atoms with Crippen LogP contribution in [0.1, 0.15) is 48.9 Å². The van der Waals surface area contributed by atoms with E-state index in [9.17, 15) is 9.90 Å². The van der Waals surface area contributed by atoms with Gasteiger partial charge in [0.2, 0.25) is 0 Å². The summed E-state index contributed by atoms with van der Waals surface area (Å²) in [5, 5.41) is 16.7. The minimum Gasteiger partial charge on any atom is -0.480 e. The van der Waals surface area contributed by atoms with Gasteiger partial charge in [-0.2, -0.15) is 0 Å². The van der Waals surface area contributed by atoms with Crippen LogP contribution in [0.5, 0.6) is 0 Å². The van der Waals surface area contributed by atoms with Crippen molar-refractivity contribution >= 4 is 35.0 Å². The van der Waals surface area contributed by atoms with Crippen LogP contribution in [-0.2, 0) is 28.9 Å². The summed E-state index contributed by atoms with van der Waals surface area (Å²) >= 11 is 12.2. The molecule has 0 saturated heterocycles. The van der Waals surface area contributed by atoms with Crippen molar-refractivity contribution in [2.75, 3.05) is 18.5 Å². The maximum absolute atomic E-state index is 11.6. The minimum absolute atomic E-state index is 0.215. The van der Waals surface area contributed by atoms with Crippen LogP contribution < -0.4 is 10.6 Å². The van der Waals surface area contributed by atoms with E-state index in [0.717, 1.165) is 50.2 Å². The molecule has 3 heterocycles. The van der Waals surface area contributed by atoms with Crippen molar-refractivity contribution in [2.24, 2.45) is 5.92 Å². The van der Waals surface area contributed by atoms with Gasteiger partial charge in [0.1, 0.15) is 11.9 Å². The first-order valence-electron chi connectivity index (χ1n) is 11.6. The van der Waals surface area contributed by atoms with Gasteiger partial charge in [-0.15, -0.1) is 0 Å². The molecular weight excluding hydrogens is 463 g/mol. The molecule has 4 rings (SSSR count). The van der Waals surface area contributed by atoms with Crippen LogP contribution >= 0.6 is 23.2 Å². The van der Waals surface area contributed by atoms with Crippen molar-refractivity contribution in [3.05, 3.63) is 51.4 Å². The standard InChI is InChI=1S/C24H30Cl2N4O3/c25-20-13-27-14-21(26)19(20)12-29-22(24(31)32)7-9-33-18-10-15(11-18)3-5-17-6-4-16-2-1-8-28-23(16)30-17/h4,6,13-15,18,22,29H,1-3,5,7-12H2,(H,28,30)(H,31,32)/t15-,18+,22?. The second-order valence-corrected chi connectivity index (χ2v) is 9.67. The average molecular weight is 493 g/mol. The molecule has 1 aliphatic heterocycles. The first-order chi connectivity index (χ1) is 16.0. The molecule has 0 amide bonds. The Bertz CT molecular complexity index is 948. The minimum atomic E-state index is -0.918. The predicted molar refractivity (Wildman–Crippen MR) is 129 cm³/mol. The Hall–Kier alpha value is -1.93. The van der Waals surface area contributed by atoms with Gasteiger partial charge in [0.15, 0.2) is 0 Å². The number of halogens is 2. The number of aromatic nitrogens is 2. The van der Waals surface area contributed by atoms with Crippen molar-refractivity contribution in [3.63, 3.8) is 0 Å². The molecule has 3 N–H and O–H groups in total. The monoisotopic (exact) mass is 492 g/mol. The molecule has 0 bridgehead atoms. The van der Waals surface area contributed by atoms with Crippen molar-refractivity contribution in [1.82, 2.24) is 15.3 Å². The zero-order chi connectivity index (χ0) is 23.2. The Kier molecular flexibility index (Phi) is 8.41. The Morgan fingerprint density at radius 2 is 2.06 bits per heavy atom. The van der Waals surface area contributed by atoms with Crippen LogP contribution in [-0.4, -0.2) is 46.3 Å². The van der Waals surface area contributed by atoms with Gasteiger partial charge in [-0.3, -0.25) is 9.78 Å². The zero-order valence-electron chi connectivity index (χ0n) is 18.5. The van der Waals surface area contributed by atoms with E-state index < -0.39 is 12.0 Å². The highest BCUT2D eigenvalue weighted by Crippen LogP contribution is 2.34. The third kappa shape index (κ3) is 6.57. The number of pyridine rings is 2. The van der Waals surface area contributed by atoms with Crippen LogP contribution in [0.4, 0.5) is 5.82 Å². The van der Waals surface area contributed by atoms with Gasteiger partial charge >= 0.3 is 5.97 Å². The van der Waals surface area contributed by atoms with Crippen LogP contribution in [0.25, 0.3) is 0 Å². The number of carbonyl (C=O) groups is 1. The zero-order valence-corrected chi connectivity index (χ0v) is 20.0. The molecule has 33 heavy (non-hydrogen) atoms. The van der Waals surface area contributed by atoms with Crippen molar-refractivity contribution in [1.29, 1.82) is 0 Å². The highest BCUT2D eigenvalue weighted by Gasteiger charge is 2.30. The lowest BCUT2D eigenvalue weighted by molar-refractivity contribution is -0.140. The third-order valence-corrected chi connectivity index (χ3v) is 7.14. The summed E-state index contributed by atoms with van der Waals surface area (Å²) < 4.78 is 5.92. The van der Waals surface area contributed by atoms with Crippen LogP contribution in [0.15, 0.2) is 24.5 Å². The lowest BCUT2D eigenvalue weighted by Gasteiger charge is -2.35. The third-order valence-electron chi connectivity index (χ3n) is 6.49. The van der Waals surface area contributed by atoms with E-state index in [2.05, 4.69) is 27.8 Å². The first kappa shape index (κ1) is 24.2. The molecule has 1 unspecified atom stereocenters. The Morgan fingerprint density at radius 3 is 2.82 bits per heavy atom. The first-order valence-corrected chi connectivity index (χ1v) is 12.3. The van der Waals surface area contributed by atoms with Gasteiger partial charge in [-0.25, -0.2) is 4.98 Å². The summed E-state index contributed by atoms with van der Waals surface area (Å²) in [6, 6.07) is 3.63. The van der Waals surface area contributed by atoms with Gasteiger partial charge in [0, 0.05) is 43.3 Å². The molecule has 0 radical (unpaired) electrons. The maximum Gasteiger partial charge on any atom is 0.320 e. The second-order valence-electron chi connectivity index (χ2n) is 8.85. The number of carboxylic acids is 1. The molecule has 2 aromatic heterocycles. The molecule has 2 aromatic rings. The molecule has 1 fully saturated rings. The highest BCUT2D eigenvalue weighted by atomic mass is 35.5. The number of hydrogen-bond donors (Lipinski definition) is 3. The quantitative estimate of drug-likeness (QED) is 0.424. The predicted octanol–water partition coefficient (Wildman–Crippen LogP) is 4.50. The lowest BCUT2D eigenvalue weighted by atomic mass is 9.79. The smallest absolute Gasteiger partial charge is 0.320 e. The normalized spacial score (nSPS) is 20.4. The number of anilines is 1. The number of fused-ring (bicyclic) bond motifs is 1. The fourth-order valence-corrected chi connectivity index (χ4v) is 4.90. The van der Waals surface area contributed by atoms with E-state index in [0.29, 0.717) is 34.6 Å². The lowest BCUT2D eigenvalue weighted by Crippen LogP contribution is -2.38. The van der Waals surface area contributed by atoms with Gasteiger partial charge in [0.05, 0.1) is 16.1 Å². The van der Waals surface area contributed by atoms with E-state index in [1.807, 2.05) is 0 Å². The Morgan fingerprint density at radius 1 is 1.27 bits per heavy atom. The van der Waals surface area contributed by atoms with Gasteiger partial charge in [-0.1, -0.05) is 29.3 Å². The summed E-state index contributed by atoms with van der Waals surface area (Å²) in [5.74, 6) is 0.784. The number of carboxylic acid groups (broad SMARTS) is 1. The number of nitrogens with zero attached hydrogens (tertiary/aromatic N) is 2. The molecule has 7 nitrogen and oxygen atoms in total. The second kappa shape index (κ2) is 11.5. The summed E-state index contributed by atoms with van der Waals surface area (Å²) in [6.07, 6.45) is 10.0. The van der Waals surface area contributed by atoms with Gasteiger partial charge < -0.3 is 20.5 Å². The molecule has 178 valence electrons. The Labute approximate surface area is 204 Å². The van der Waals surface area contributed by atoms with E-state index in [1.165, 1.54) is 24.4 Å². The fourth-order valence-electron chi connectivity index (χ4n) is 4.40. The summed E-state index contributed by atoms with van der Waals surface area (Å²) in [5.41, 5.74) is 3.12. The van der Waals surface area contributed by atoms with E-state index in [1.54, 1.807) is 0 Å². The molecule has 0 spiro atoms. The van der Waals surface area contributed by atoms with Crippen LogP contribution in [0.3, 0.4) is 0 Å². The molecule has 9 heteroatoms. The van der Waals surface area contributed by atoms with Crippen molar-refractivity contribution in [3.8, 4) is 0 Å². The van der Waals surface area contributed by atoms with Crippen molar-refractivity contribution in [2.45, 2.75) is 63.6 Å². The topological polar surface area (TPSA) is 96.4 Å². The Balaban J connectivity index is 1.14. The number of nitrogens with one attached hydrogen (secondary N) is 2.